The smallest absolute Gasteiger partial charge is 0.220 e. The Morgan fingerprint density at radius 1 is 0.667 bits per heavy atom. The highest BCUT2D eigenvalue weighted by molar-refractivity contribution is 14.1. The van der Waals surface area contributed by atoms with Crippen molar-refractivity contribution in [3.8, 4) is 11.5 Å². The number of benzene rings is 2. The minimum Gasteiger partial charge on any atom is -0.508 e. The van der Waals surface area contributed by atoms with Crippen LogP contribution in [-0.4, -0.2) is 41.2 Å². The molecule has 0 heterocycles. The molecule has 0 bridgehead atoms. The number of amides is 1. The van der Waals surface area contributed by atoms with Crippen LogP contribution in [0.4, 0.5) is 0 Å². The van der Waals surface area contributed by atoms with E-state index in [-0.39, 0.29) is 29.6 Å². The molecule has 3 N–H and O–H groups in total. The van der Waals surface area contributed by atoms with Gasteiger partial charge in [0.15, 0.2) is 5.78 Å². The maximum Gasteiger partial charge on any atom is 0.220 e. The van der Waals surface area contributed by atoms with Crippen LogP contribution in [0.15, 0.2) is 36.4 Å². The lowest BCUT2D eigenvalue weighted by atomic mass is 9.97. The zero-order valence-corrected chi connectivity index (χ0v) is 33.7. The fraction of sp³-hybridized carbons (Fsp3) is 0.650. The summed E-state index contributed by atoms with van der Waals surface area (Å²) in [6, 6.07) is 10.0. The highest BCUT2D eigenvalue weighted by Gasteiger charge is 2.21. The molecular formula is C40H61I2NO5. The van der Waals surface area contributed by atoms with Gasteiger partial charge in [-0.25, -0.2) is 0 Å². The number of halogens is 2. The lowest BCUT2D eigenvalue weighted by Crippen LogP contribution is -2.42. The van der Waals surface area contributed by atoms with Gasteiger partial charge in [-0.3, -0.25) is 9.59 Å². The highest BCUT2D eigenvalue weighted by Crippen LogP contribution is 2.28. The standard InChI is InChI=1S/C40H61I2NO5/c1-2-3-4-5-6-9-12-15-18-27-48-28-19-16-13-10-7-8-11-14-17-20-38(45)37(31-32-21-24-34(44)25-22-32)43-39(46)26-23-33-29-35(41)40(47)36(42)30-33/h21-22,24-25,29-30,37,44,47H,2-20,23,26-28,31H2,1H3,(H,43,46). The van der Waals surface area contributed by atoms with Crippen LogP contribution in [0.5, 0.6) is 11.5 Å². The molecule has 2 rings (SSSR count). The number of aromatic hydroxyl groups is 2. The summed E-state index contributed by atoms with van der Waals surface area (Å²) >= 11 is 4.19. The molecule has 1 amide bonds. The number of ketones is 1. The molecule has 0 fully saturated rings. The van der Waals surface area contributed by atoms with Gasteiger partial charge in [0.1, 0.15) is 11.5 Å². The third kappa shape index (κ3) is 20.3. The summed E-state index contributed by atoms with van der Waals surface area (Å²) in [4.78, 5) is 26.2. The molecular weight excluding hydrogens is 828 g/mol. The van der Waals surface area contributed by atoms with Gasteiger partial charge in [0.05, 0.1) is 13.2 Å². The van der Waals surface area contributed by atoms with Crippen LogP contribution in [-0.2, 0) is 27.2 Å². The predicted octanol–water partition coefficient (Wildman–Crippen LogP) is 11.0. The van der Waals surface area contributed by atoms with Crippen LogP contribution in [0.25, 0.3) is 0 Å². The minimum atomic E-state index is -0.587. The second-order valence-corrected chi connectivity index (χ2v) is 15.6. The van der Waals surface area contributed by atoms with E-state index in [9.17, 15) is 19.8 Å². The third-order valence-corrected chi connectivity index (χ3v) is 10.6. The van der Waals surface area contributed by atoms with E-state index in [2.05, 4.69) is 57.4 Å². The van der Waals surface area contributed by atoms with Crippen molar-refractivity contribution in [2.24, 2.45) is 0 Å². The Morgan fingerprint density at radius 2 is 1.15 bits per heavy atom. The quantitative estimate of drug-likeness (QED) is 0.0559. The Labute approximate surface area is 318 Å². The molecule has 0 aliphatic heterocycles. The summed E-state index contributed by atoms with van der Waals surface area (Å²) < 4.78 is 7.35. The van der Waals surface area contributed by atoms with Crippen molar-refractivity contribution in [3.63, 3.8) is 0 Å². The van der Waals surface area contributed by atoms with Crippen LogP contribution >= 0.6 is 45.2 Å². The van der Waals surface area contributed by atoms with E-state index in [0.717, 1.165) is 57.2 Å². The summed E-state index contributed by atoms with van der Waals surface area (Å²) in [7, 11) is 0. The van der Waals surface area contributed by atoms with E-state index < -0.39 is 6.04 Å². The molecule has 0 saturated heterocycles. The van der Waals surface area contributed by atoms with Gasteiger partial charge in [0, 0.05) is 26.1 Å². The zero-order valence-electron chi connectivity index (χ0n) is 29.4. The normalized spacial score (nSPS) is 11.9. The molecule has 0 spiro atoms. The van der Waals surface area contributed by atoms with Crippen molar-refractivity contribution in [1.29, 1.82) is 0 Å². The van der Waals surface area contributed by atoms with Crippen LogP contribution in [0.3, 0.4) is 0 Å². The number of phenolic OH excluding ortho intramolecular Hbond substituents is 2. The molecule has 0 aromatic heterocycles. The molecule has 0 aliphatic rings. The number of hydrogen-bond acceptors (Lipinski definition) is 5. The molecule has 8 heteroatoms. The number of carbonyl (C=O) groups excluding carboxylic acids is 2. The van der Waals surface area contributed by atoms with E-state index in [1.807, 2.05) is 12.1 Å². The second kappa shape index (κ2) is 27.3. The summed E-state index contributed by atoms with van der Waals surface area (Å²) in [6.45, 7) is 4.09. The number of ether oxygens (including phenoxy) is 1. The molecule has 0 radical (unpaired) electrons. The first kappa shape index (κ1) is 42.8. The summed E-state index contributed by atoms with van der Waals surface area (Å²) in [6.07, 6.45) is 24.2. The van der Waals surface area contributed by atoms with Crippen molar-refractivity contribution in [2.45, 2.75) is 154 Å². The van der Waals surface area contributed by atoms with E-state index in [0.29, 0.717) is 19.3 Å². The fourth-order valence-corrected chi connectivity index (χ4v) is 7.83. The average Bonchev–Trinajstić information content (AvgIpc) is 3.07. The molecule has 1 atom stereocenters. The monoisotopic (exact) mass is 889 g/mol. The van der Waals surface area contributed by atoms with Gasteiger partial charge in [0.2, 0.25) is 5.91 Å². The zero-order chi connectivity index (χ0) is 34.8. The van der Waals surface area contributed by atoms with E-state index in [1.54, 1.807) is 24.3 Å². The van der Waals surface area contributed by atoms with Crippen LogP contribution in [0.1, 0.15) is 146 Å². The maximum absolute atomic E-state index is 13.2. The Hall–Kier alpha value is -1.40. The van der Waals surface area contributed by atoms with Crippen molar-refractivity contribution >= 4 is 56.9 Å². The van der Waals surface area contributed by atoms with E-state index in [1.165, 1.54) is 89.9 Å². The molecule has 6 nitrogen and oxygen atoms in total. The van der Waals surface area contributed by atoms with Gasteiger partial charge in [-0.1, -0.05) is 115 Å². The highest BCUT2D eigenvalue weighted by atomic mass is 127. The number of unbranched alkanes of at least 4 members (excludes halogenated alkanes) is 16. The van der Waals surface area contributed by atoms with E-state index >= 15 is 0 Å². The number of rotatable bonds is 29. The van der Waals surface area contributed by atoms with Crippen molar-refractivity contribution < 1.29 is 24.5 Å². The molecule has 1 unspecified atom stereocenters. The van der Waals surface area contributed by atoms with Gasteiger partial charge in [-0.15, -0.1) is 0 Å². The number of phenols is 2. The SMILES string of the molecule is CCCCCCCCCCCOCCCCCCCCCCCC(=O)C(Cc1ccc(O)cc1)NC(=O)CCc1cc(I)c(O)c(I)c1. The first-order valence-corrected chi connectivity index (χ1v) is 20.8. The average molecular weight is 890 g/mol. The first-order valence-electron chi connectivity index (χ1n) is 18.6. The van der Waals surface area contributed by atoms with Crippen molar-refractivity contribution in [2.75, 3.05) is 13.2 Å². The number of aryl methyl sites for hydroxylation is 1. The van der Waals surface area contributed by atoms with Gasteiger partial charge >= 0.3 is 0 Å². The Bertz CT molecular complexity index is 1130. The number of hydrogen-bond donors (Lipinski definition) is 3. The molecule has 48 heavy (non-hydrogen) atoms. The number of nitrogens with one attached hydrogen (secondary N) is 1. The molecule has 2 aromatic carbocycles. The van der Waals surface area contributed by atoms with Crippen molar-refractivity contribution in [1.82, 2.24) is 5.32 Å². The van der Waals surface area contributed by atoms with E-state index in [4.69, 9.17) is 4.74 Å². The fourth-order valence-electron chi connectivity index (χ4n) is 5.93. The van der Waals surface area contributed by atoms with Crippen molar-refractivity contribution in [3.05, 3.63) is 54.7 Å². The van der Waals surface area contributed by atoms with Gasteiger partial charge < -0.3 is 20.3 Å². The van der Waals surface area contributed by atoms with Crippen LogP contribution < -0.4 is 5.32 Å². The Kier molecular flexibility index (Phi) is 24.4. The topological polar surface area (TPSA) is 95.9 Å². The summed E-state index contributed by atoms with van der Waals surface area (Å²) in [5.74, 6) is 0.345. The minimum absolute atomic E-state index is 0.0604. The van der Waals surface area contributed by atoms with Gasteiger partial charge in [-0.05, 0) is 113 Å². The lowest BCUT2D eigenvalue weighted by molar-refractivity contribution is -0.127. The maximum atomic E-state index is 13.2. The summed E-state index contributed by atoms with van der Waals surface area (Å²) in [5, 5.41) is 22.7. The molecule has 0 aliphatic carbocycles. The van der Waals surface area contributed by atoms with Crippen LogP contribution in [0, 0.1) is 7.14 Å². The summed E-state index contributed by atoms with van der Waals surface area (Å²) in [5.41, 5.74) is 1.88. The Morgan fingerprint density at radius 3 is 1.67 bits per heavy atom. The largest absolute Gasteiger partial charge is 0.508 e. The van der Waals surface area contributed by atoms with Gasteiger partial charge in [-0.2, -0.15) is 0 Å². The van der Waals surface area contributed by atoms with Gasteiger partial charge in [0.25, 0.3) is 0 Å². The lowest BCUT2D eigenvalue weighted by Gasteiger charge is -2.18. The third-order valence-electron chi connectivity index (χ3n) is 8.92. The predicted molar refractivity (Wildman–Crippen MR) is 215 cm³/mol. The van der Waals surface area contributed by atoms with Crippen LogP contribution in [0.2, 0.25) is 0 Å². The first-order chi connectivity index (χ1) is 23.3. The second-order valence-electron chi connectivity index (χ2n) is 13.2. The number of carbonyl (C=O) groups is 2. The number of Topliss-reactive ketones (excluding diaryl/α,β-unsaturated/α-hetero) is 1. The molecule has 0 saturated carbocycles. The molecule has 2 aromatic rings. The molecule has 270 valence electrons. The Balaban J connectivity index is 1.55.